The van der Waals surface area contributed by atoms with Crippen molar-refractivity contribution in [2.75, 3.05) is 6.61 Å². The van der Waals surface area contributed by atoms with E-state index in [0.29, 0.717) is 13.0 Å². The van der Waals surface area contributed by atoms with Gasteiger partial charge in [0, 0.05) is 13.0 Å². The van der Waals surface area contributed by atoms with Crippen molar-refractivity contribution < 1.29 is 15.0 Å². The quantitative estimate of drug-likeness (QED) is 0.505. The Morgan fingerprint density at radius 3 is 1.44 bits per heavy atom. The molecule has 16 heavy (non-hydrogen) atoms. The number of hydrogen-bond acceptors (Lipinski definition) is 2. The van der Waals surface area contributed by atoms with E-state index in [1.165, 1.54) is 38.5 Å². The number of aliphatic hydroxyl groups is 1. The Balaban J connectivity index is 2.90. The Morgan fingerprint density at radius 1 is 0.688 bits per heavy atom. The highest BCUT2D eigenvalue weighted by Crippen LogP contribution is 2.11. The molecule has 3 heteroatoms. The molecule has 0 aromatic carbocycles. The molecule has 0 aliphatic heterocycles. The summed E-state index contributed by atoms with van der Waals surface area (Å²) in [6, 6.07) is 0. The number of carbonyl (C=O) groups is 1. The average molecular weight is 230 g/mol. The second-order valence-corrected chi connectivity index (χ2v) is 4.40. The van der Waals surface area contributed by atoms with Crippen LogP contribution >= 0.6 is 0 Å². The lowest BCUT2D eigenvalue weighted by Crippen LogP contribution is -1.93. The van der Waals surface area contributed by atoms with Crippen LogP contribution in [0.2, 0.25) is 0 Å². The van der Waals surface area contributed by atoms with E-state index >= 15 is 0 Å². The molecule has 0 unspecified atom stereocenters. The van der Waals surface area contributed by atoms with Crippen molar-refractivity contribution in [1.82, 2.24) is 0 Å². The molecular formula is C13H26O3. The number of rotatable bonds is 12. The highest BCUT2D eigenvalue weighted by molar-refractivity contribution is 5.66. The summed E-state index contributed by atoms with van der Waals surface area (Å²) in [6.07, 6.45) is 11.8. The van der Waals surface area contributed by atoms with E-state index in [2.05, 4.69) is 0 Å². The summed E-state index contributed by atoms with van der Waals surface area (Å²) in [5.74, 6) is -0.677. The second-order valence-electron chi connectivity index (χ2n) is 4.40. The molecule has 96 valence electrons. The summed E-state index contributed by atoms with van der Waals surface area (Å²) in [5, 5.41) is 17.0. The topological polar surface area (TPSA) is 57.5 Å². The van der Waals surface area contributed by atoms with E-state index < -0.39 is 5.97 Å². The Kier molecular flexibility index (Phi) is 12.1. The number of aliphatic hydroxyl groups excluding tert-OH is 1. The molecule has 0 bridgehead atoms. The van der Waals surface area contributed by atoms with Gasteiger partial charge in [-0.1, -0.05) is 51.4 Å². The lowest BCUT2D eigenvalue weighted by Gasteiger charge is -2.01. The Morgan fingerprint density at radius 2 is 1.06 bits per heavy atom. The van der Waals surface area contributed by atoms with Crippen LogP contribution < -0.4 is 0 Å². The molecule has 0 saturated carbocycles. The van der Waals surface area contributed by atoms with Crippen molar-refractivity contribution in [3.8, 4) is 0 Å². The Hall–Kier alpha value is -0.570. The van der Waals surface area contributed by atoms with Gasteiger partial charge >= 0.3 is 5.97 Å². The molecule has 0 aromatic heterocycles. The molecule has 0 saturated heterocycles. The zero-order valence-electron chi connectivity index (χ0n) is 10.3. The zero-order valence-corrected chi connectivity index (χ0v) is 10.3. The third kappa shape index (κ3) is 13.4. The predicted octanol–water partition coefficient (Wildman–Crippen LogP) is 3.35. The van der Waals surface area contributed by atoms with E-state index in [1.807, 2.05) is 0 Å². The summed E-state index contributed by atoms with van der Waals surface area (Å²) in [6.45, 7) is 0.323. The number of carboxylic acids is 1. The number of hydrogen-bond donors (Lipinski definition) is 2. The summed E-state index contributed by atoms with van der Waals surface area (Å²) in [5.41, 5.74) is 0. The first-order valence-electron chi connectivity index (χ1n) is 6.60. The minimum absolute atomic E-state index is 0.321. The Labute approximate surface area is 98.9 Å². The molecule has 0 spiro atoms. The van der Waals surface area contributed by atoms with Crippen molar-refractivity contribution in [3.05, 3.63) is 0 Å². The largest absolute Gasteiger partial charge is 0.481 e. The maximum atomic E-state index is 10.2. The fourth-order valence-corrected chi connectivity index (χ4v) is 1.80. The molecule has 0 fully saturated rings. The first kappa shape index (κ1) is 15.4. The van der Waals surface area contributed by atoms with E-state index in [1.54, 1.807) is 0 Å². The lowest BCUT2D eigenvalue weighted by molar-refractivity contribution is -0.137. The van der Waals surface area contributed by atoms with E-state index in [-0.39, 0.29) is 0 Å². The van der Waals surface area contributed by atoms with Crippen molar-refractivity contribution >= 4 is 5.97 Å². The summed E-state index contributed by atoms with van der Waals surface area (Å²) in [4.78, 5) is 10.2. The van der Waals surface area contributed by atoms with Gasteiger partial charge in [0.15, 0.2) is 0 Å². The molecule has 0 aliphatic rings. The maximum Gasteiger partial charge on any atom is 0.303 e. The second kappa shape index (κ2) is 12.5. The predicted molar refractivity (Wildman–Crippen MR) is 65.5 cm³/mol. The molecule has 0 atom stereocenters. The smallest absolute Gasteiger partial charge is 0.303 e. The number of carboxylic acid groups (broad SMARTS) is 1. The summed E-state index contributed by atoms with van der Waals surface area (Å²) < 4.78 is 0. The van der Waals surface area contributed by atoms with Gasteiger partial charge in [0.1, 0.15) is 0 Å². The third-order valence-electron chi connectivity index (χ3n) is 2.80. The van der Waals surface area contributed by atoms with Crippen LogP contribution in [0.4, 0.5) is 0 Å². The normalized spacial score (nSPS) is 10.6. The first-order valence-corrected chi connectivity index (χ1v) is 6.60. The summed E-state index contributed by atoms with van der Waals surface area (Å²) >= 11 is 0. The van der Waals surface area contributed by atoms with Crippen molar-refractivity contribution in [3.63, 3.8) is 0 Å². The maximum absolute atomic E-state index is 10.2. The average Bonchev–Trinajstić information content (AvgIpc) is 2.25. The molecular weight excluding hydrogens is 204 g/mol. The molecule has 0 amide bonds. The third-order valence-corrected chi connectivity index (χ3v) is 2.80. The molecule has 3 nitrogen and oxygen atoms in total. The van der Waals surface area contributed by atoms with Gasteiger partial charge in [-0.25, -0.2) is 0 Å². The van der Waals surface area contributed by atoms with Gasteiger partial charge in [-0.15, -0.1) is 0 Å². The molecule has 0 rings (SSSR count). The van der Waals surface area contributed by atoms with E-state index in [9.17, 15) is 4.79 Å². The van der Waals surface area contributed by atoms with Gasteiger partial charge in [-0.2, -0.15) is 0 Å². The van der Waals surface area contributed by atoms with Crippen LogP contribution in [0.5, 0.6) is 0 Å². The number of aliphatic carboxylic acids is 1. The van der Waals surface area contributed by atoms with Crippen molar-refractivity contribution in [2.45, 2.75) is 70.6 Å². The van der Waals surface area contributed by atoms with Crippen LogP contribution in [-0.2, 0) is 4.79 Å². The highest BCUT2D eigenvalue weighted by Gasteiger charge is 1.96. The van der Waals surface area contributed by atoms with Crippen molar-refractivity contribution in [1.29, 1.82) is 0 Å². The summed E-state index contributed by atoms with van der Waals surface area (Å²) in [7, 11) is 0. The first-order chi connectivity index (χ1) is 7.77. The van der Waals surface area contributed by atoms with Crippen LogP contribution in [0.25, 0.3) is 0 Å². The van der Waals surface area contributed by atoms with E-state index in [0.717, 1.165) is 25.7 Å². The minimum atomic E-state index is -0.677. The fraction of sp³-hybridized carbons (Fsp3) is 0.923. The van der Waals surface area contributed by atoms with Crippen molar-refractivity contribution in [2.24, 2.45) is 0 Å². The van der Waals surface area contributed by atoms with Gasteiger partial charge in [-0.3, -0.25) is 4.79 Å². The fourth-order valence-electron chi connectivity index (χ4n) is 1.80. The van der Waals surface area contributed by atoms with Crippen LogP contribution in [0.3, 0.4) is 0 Å². The van der Waals surface area contributed by atoms with Crippen LogP contribution in [0.1, 0.15) is 70.6 Å². The van der Waals surface area contributed by atoms with Gasteiger partial charge in [0.25, 0.3) is 0 Å². The minimum Gasteiger partial charge on any atom is -0.481 e. The van der Waals surface area contributed by atoms with Gasteiger partial charge in [0.05, 0.1) is 0 Å². The van der Waals surface area contributed by atoms with Crippen LogP contribution in [0.15, 0.2) is 0 Å². The highest BCUT2D eigenvalue weighted by atomic mass is 16.4. The molecule has 0 heterocycles. The van der Waals surface area contributed by atoms with Crippen LogP contribution in [0, 0.1) is 0 Å². The monoisotopic (exact) mass is 230 g/mol. The molecule has 0 aromatic rings. The van der Waals surface area contributed by atoms with E-state index in [4.69, 9.17) is 10.2 Å². The molecule has 0 radical (unpaired) electrons. The zero-order chi connectivity index (χ0) is 12.1. The standard InChI is InChI=1S/C13H26O3/c14-12-10-8-6-4-2-1-3-5-7-9-11-13(15)16/h14H,1-12H2,(H,15,16). The molecule has 0 aliphatic carbocycles. The van der Waals surface area contributed by atoms with Crippen LogP contribution in [-0.4, -0.2) is 22.8 Å². The number of unbranched alkanes of at least 4 members (excludes halogenated alkanes) is 9. The molecule has 2 N–H and O–H groups in total. The lowest BCUT2D eigenvalue weighted by atomic mass is 10.1. The SMILES string of the molecule is O=C(O)CCCCCCCCCCCCO. The van der Waals surface area contributed by atoms with Gasteiger partial charge in [0.2, 0.25) is 0 Å². The Bertz CT molecular complexity index is 157. The van der Waals surface area contributed by atoms with Gasteiger partial charge in [-0.05, 0) is 12.8 Å². The van der Waals surface area contributed by atoms with Gasteiger partial charge < -0.3 is 10.2 Å².